The summed E-state index contributed by atoms with van der Waals surface area (Å²) in [6.45, 7) is 10.9. The third kappa shape index (κ3) is 5.01. The van der Waals surface area contributed by atoms with Gasteiger partial charge >= 0.3 is 12.1 Å². The monoisotopic (exact) mass is 622 g/mol. The van der Waals surface area contributed by atoms with Crippen LogP contribution < -0.4 is 9.47 Å². The van der Waals surface area contributed by atoms with Crippen molar-refractivity contribution in [1.29, 1.82) is 0 Å². The summed E-state index contributed by atoms with van der Waals surface area (Å²) in [6.07, 6.45) is -1.21. The number of ether oxygens (including phenoxy) is 2. The predicted octanol–water partition coefficient (Wildman–Crippen LogP) is 4.88. The maximum atomic E-state index is 13.9. The van der Waals surface area contributed by atoms with E-state index in [4.69, 9.17) is 9.47 Å². The van der Waals surface area contributed by atoms with Gasteiger partial charge in [0.2, 0.25) is 0 Å². The number of piperidine rings is 1. The Labute approximate surface area is 261 Å². The Hall–Kier alpha value is -3.81. The fraction of sp³-hybridized carbons (Fsp3) is 0.486. The first-order chi connectivity index (χ1) is 21.3. The van der Waals surface area contributed by atoms with Gasteiger partial charge < -0.3 is 19.5 Å². The number of aliphatic hydroxyl groups is 1. The smallest absolute Gasteiger partial charge is 0.416 e. The largest absolute Gasteiger partial charge is 0.483 e. The average molecular weight is 623 g/mol. The molecule has 1 spiro atoms. The van der Waals surface area contributed by atoms with E-state index < -0.39 is 46.8 Å². The van der Waals surface area contributed by atoms with Crippen LogP contribution in [-0.2, 0) is 27.6 Å². The minimum Gasteiger partial charge on any atom is -0.483 e. The van der Waals surface area contributed by atoms with E-state index >= 15 is 0 Å². The van der Waals surface area contributed by atoms with E-state index in [9.17, 15) is 27.9 Å². The highest BCUT2D eigenvalue weighted by atomic mass is 19.4. The number of hydrogen-bond acceptors (Lipinski definition) is 6. The quantitative estimate of drug-likeness (QED) is 0.214. The number of esters is 1. The van der Waals surface area contributed by atoms with Crippen molar-refractivity contribution in [2.24, 2.45) is 5.92 Å². The third-order valence-corrected chi connectivity index (χ3v) is 9.89. The zero-order valence-electron chi connectivity index (χ0n) is 25.6. The molecule has 4 aliphatic rings. The molecule has 1 amide bonds. The first-order valence-electron chi connectivity index (χ1n) is 15.4. The molecular weight excluding hydrogens is 585 g/mol. The number of amides is 1. The molecular formula is C35H37F3N2O5. The van der Waals surface area contributed by atoms with Crippen LogP contribution in [0.5, 0.6) is 11.5 Å². The van der Waals surface area contributed by atoms with Crippen molar-refractivity contribution in [2.75, 3.05) is 19.6 Å². The highest BCUT2D eigenvalue weighted by molar-refractivity contribution is 5.94. The highest BCUT2D eigenvalue weighted by Gasteiger charge is 2.73. The van der Waals surface area contributed by atoms with Crippen LogP contribution in [0.15, 0.2) is 49.1 Å². The fourth-order valence-corrected chi connectivity index (χ4v) is 8.24. The second kappa shape index (κ2) is 11.2. The summed E-state index contributed by atoms with van der Waals surface area (Å²) >= 11 is 0. The van der Waals surface area contributed by atoms with Crippen molar-refractivity contribution in [2.45, 2.75) is 81.8 Å². The normalized spacial score (nSPS) is 28.0. The Morgan fingerprint density at radius 3 is 2.60 bits per heavy atom. The topological polar surface area (TPSA) is 79.3 Å². The van der Waals surface area contributed by atoms with E-state index in [1.807, 2.05) is 26.0 Å². The number of likely N-dealkylation sites (tertiary alicyclic amines) is 1. The van der Waals surface area contributed by atoms with Crippen LogP contribution in [0.25, 0.3) is 0 Å². The minimum absolute atomic E-state index is 0.0737. The van der Waals surface area contributed by atoms with Crippen molar-refractivity contribution < 1.29 is 37.3 Å². The zero-order chi connectivity index (χ0) is 32.3. The van der Waals surface area contributed by atoms with Crippen LogP contribution in [-0.4, -0.2) is 70.2 Å². The number of carbonyl (C=O) groups excluding carboxylic acids is 2. The average Bonchev–Trinajstić information content (AvgIpc) is 3.32. The van der Waals surface area contributed by atoms with Gasteiger partial charge in [-0.05, 0) is 74.0 Å². The van der Waals surface area contributed by atoms with Crippen LogP contribution in [0, 0.1) is 17.8 Å². The van der Waals surface area contributed by atoms with E-state index in [0.717, 1.165) is 23.3 Å². The molecule has 0 aromatic heterocycles. The molecule has 0 unspecified atom stereocenters. The van der Waals surface area contributed by atoms with Crippen molar-refractivity contribution in [3.05, 3.63) is 71.3 Å². The van der Waals surface area contributed by atoms with Gasteiger partial charge in [0.25, 0.3) is 5.91 Å². The Morgan fingerprint density at radius 1 is 1.22 bits per heavy atom. The number of alkyl halides is 3. The first-order valence-corrected chi connectivity index (χ1v) is 15.4. The van der Waals surface area contributed by atoms with Gasteiger partial charge in [-0.2, -0.15) is 13.2 Å². The predicted molar refractivity (Wildman–Crippen MR) is 161 cm³/mol. The minimum atomic E-state index is -4.47. The van der Waals surface area contributed by atoms with Gasteiger partial charge in [0.1, 0.15) is 6.10 Å². The van der Waals surface area contributed by atoms with Crippen LogP contribution in [0.4, 0.5) is 13.2 Å². The fourth-order valence-electron chi connectivity index (χ4n) is 8.24. The summed E-state index contributed by atoms with van der Waals surface area (Å²) < 4.78 is 51.5. The van der Waals surface area contributed by atoms with Crippen molar-refractivity contribution >= 4 is 11.9 Å². The van der Waals surface area contributed by atoms with Gasteiger partial charge in [-0.15, -0.1) is 6.58 Å². The molecule has 2 bridgehead atoms. The Balaban J connectivity index is 1.41. The third-order valence-electron chi connectivity index (χ3n) is 9.89. The number of halogens is 3. The molecule has 0 radical (unpaired) electrons. The number of hydrogen-bond donors (Lipinski definition) is 1. The molecule has 5 atom stereocenters. The summed E-state index contributed by atoms with van der Waals surface area (Å²) in [6, 6.07) is 7.43. The van der Waals surface area contributed by atoms with E-state index in [1.165, 1.54) is 19.1 Å². The number of nitrogens with zero attached hydrogens (tertiary/aromatic N) is 2. The highest BCUT2D eigenvalue weighted by Crippen LogP contribution is 2.66. The SMILES string of the molecule is C=CCN1CC[C@]23c4c5ccc(OC(C)=O)c4O[C@H]2[C@H](N(CC(C)C)C(=O)C#Cc2ccc(C(F)(F)F)cc2)CC[C@@]3(O)[C@H]1C5. The van der Waals surface area contributed by atoms with Crippen molar-refractivity contribution in [1.82, 2.24) is 9.80 Å². The molecule has 45 heavy (non-hydrogen) atoms. The zero-order valence-corrected chi connectivity index (χ0v) is 25.6. The van der Waals surface area contributed by atoms with Gasteiger partial charge in [-0.3, -0.25) is 14.5 Å². The second-order valence-electron chi connectivity index (χ2n) is 13.0. The van der Waals surface area contributed by atoms with Crippen LogP contribution in [0.1, 0.15) is 62.3 Å². The summed E-state index contributed by atoms with van der Waals surface area (Å²) in [5, 5.41) is 12.8. The van der Waals surface area contributed by atoms with Crippen LogP contribution in [0.3, 0.4) is 0 Å². The Kier molecular flexibility index (Phi) is 7.77. The van der Waals surface area contributed by atoms with Gasteiger partial charge in [0, 0.05) is 43.1 Å². The molecule has 1 N–H and O–H groups in total. The van der Waals surface area contributed by atoms with Gasteiger partial charge in [-0.25, -0.2) is 0 Å². The molecule has 2 aliphatic carbocycles. The first kappa shape index (κ1) is 31.2. The van der Waals surface area contributed by atoms with Gasteiger partial charge in [-0.1, -0.05) is 31.9 Å². The molecule has 2 aliphatic heterocycles. The van der Waals surface area contributed by atoms with E-state index in [2.05, 4.69) is 23.3 Å². The summed E-state index contributed by atoms with van der Waals surface area (Å²) in [5.41, 5.74) is -0.626. The van der Waals surface area contributed by atoms with E-state index in [-0.39, 0.29) is 12.0 Å². The lowest BCUT2D eigenvalue weighted by molar-refractivity contribution is -0.199. The molecule has 238 valence electrons. The lowest BCUT2D eigenvalue weighted by Gasteiger charge is -2.64. The number of rotatable bonds is 6. The van der Waals surface area contributed by atoms with Crippen LogP contribution >= 0.6 is 0 Å². The molecule has 6 rings (SSSR count). The molecule has 2 heterocycles. The lowest BCUT2D eigenvalue weighted by Crippen LogP contribution is -2.78. The van der Waals surface area contributed by atoms with Crippen molar-refractivity contribution in [3.8, 4) is 23.3 Å². The lowest BCUT2D eigenvalue weighted by atomic mass is 9.48. The summed E-state index contributed by atoms with van der Waals surface area (Å²) in [7, 11) is 0. The maximum absolute atomic E-state index is 13.9. The molecule has 1 saturated carbocycles. The molecule has 7 nitrogen and oxygen atoms in total. The van der Waals surface area contributed by atoms with Crippen LogP contribution in [0.2, 0.25) is 0 Å². The molecule has 10 heteroatoms. The molecule has 1 saturated heterocycles. The molecule has 2 fully saturated rings. The summed E-state index contributed by atoms with van der Waals surface area (Å²) in [4.78, 5) is 29.9. The number of carbonyl (C=O) groups is 2. The van der Waals surface area contributed by atoms with Gasteiger partial charge in [0.15, 0.2) is 11.5 Å². The Morgan fingerprint density at radius 2 is 1.96 bits per heavy atom. The standard InChI is InChI=1S/C35H37F3N2O5/c1-5-17-39-18-16-33-30-24-9-12-27(44-22(4)41)31(30)45-32(33)26(14-15-34(33,43)28(39)19-24)40(20-21(2)3)29(42)13-8-23-6-10-25(11-7-23)35(36,37)38/h5-7,9-12,21,26,28,32,43H,1,14-20H2,2-4H3/t26-,28-,32+,33+,34-/m1/s1. The van der Waals surface area contributed by atoms with E-state index in [1.54, 1.807) is 11.0 Å². The van der Waals surface area contributed by atoms with Crippen molar-refractivity contribution in [3.63, 3.8) is 0 Å². The maximum Gasteiger partial charge on any atom is 0.416 e. The van der Waals surface area contributed by atoms with E-state index in [0.29, 0.717) is 62.4 Å². The molecule has 2 aromatic carbocycles. The number of benzene rings is 2. The molecule has 2 aromatic rings. The summed E-state index contributed by atoms with van der Waals surface area (Å²) in [5.74, 6) is 5.28. The second-order valence-corrected chi connectivity index (χ2v) is 13.0. The van der Waals surface area contributed by atoms with Gasteiger partial charge in [0.05, 0.1) is 22.6 Å². The Bertz CT molecular complexity index is 1590.